The number of nitrogens with zero attached hydrogens (tertiary/aromatic N) is 4. The summed E-state index contributed by atoms with van der Waals surface area (Å²) in [5.74, 6) is 1.64. The fraction of sp³-hybridized carbons (Fsp3) is 0.0682. The van der Waals surface area contributed by atoms with E-state index in [1.807, 2.05) is 97.9 Å². The smallest absolute Gasteiger partial charge is 0.416 e. The Morgan fingerprint density at radius 2 is 1.31 bits per heavy atom. The van der Waals surface area contributed by atoms with Crippen LogP contribution in [0.2, 0.25) is 10.0 Å². The number of pyridine rings is 4. The highest BCUT2D eigenvalue weighted by Gasteiger charge is 2.30. The number of phenols is 2. The second-order valence-electron chi connectivity index (χ2n) is 12.4. The monoisotopic (exact) mass is 822 g/mol. The molecule has 9 nitrogen and oxygen atoms in total. The number of aryl methyl sites for hydroxylation is 1. The van der Waals surface area contributed by atoms with Gasteiger partial charge in [-0.15, -0.1) is 0 Å². The number of carbonyl (C=O) groups is 1. The van der Waals surface area contributed by atoms with Gasteiger partial charge in [0.15, 0.2) is 6.29 Å². The minimum Gasteiger partial charge on any atom is -0.506 e. The number of alkyl halides is 3. The van der Waals surface area contributed by atoms with Crippen LogP contribution in [0.4, 0.5) is 24.8 Å². The van der Waals surface area contributed by atoms with Crippen LogP contribution in [-0.4, -0.2) is 36.4 Å². The molecule has 0 saturated carbocycles. The number of aldehydes is 1. The number of phenolic OH excluding ortho intramolecular Hbond substituents is 2. The third-order valence-electron chi connectivity index (χ3n) is 8.26. The van der Waals surface area contributed by atoms with E-state index in [0.29, 0.717) is 33.3 Å². The van der Waals surface area contributed by atoms with Crippen LogP contribution >= 0.6 is 23.2 Å². The number of carbonyl (C=O) groups excluding carboxylic acids is 1. The molecule has 0 amide bonds. The predicted molar refractivity (Wildman–Crippen MR) is 223 cm³/mol. The third kappa shape index (κ3) is 11.4. The molecule has 0 aliphatic rings. The molecule has 0 fully saturated rings. The number of aromatic hydroxyl groups is 2. The van der Waals surface area contributed by atoms with Crippen molar-refractivity contribution >= 4 is 62.9 Å². The molecule has 4 aromatic heterocycles. The van der Waals surface area contributed by atoms with Crippen LogP contribution in [0, 0.1) is 6.92 Å². The molecule has 8 aromatic rings. The van der Waals surface area contributed by atoms with Gasteiger partial charge in [0, 0.05) is 51.7 Å². The molecule has 0 aliphatic carbocycles. The molecule has 1 unspecified atom stereocenters. The van der Waals surface area contributed by atoms with Crippen molar-refractivity contribution in [2.24, 2.45) is 0 Å². The summed E-state index contributed by atoms with van der Waals surface area (Å²) in [6.07, 6.45) is 2.57. The molecule has 294 valence electrons. The van der Waals surface area contributed by atoms with Gasteiger partial charge in [-0.2, -0.15) is 13.2 Å². The maximum Gasteiger partial charge on any atom is 0.416 e. The lowest BCUT2D eigenvalue weighted by molar-refractivity contribution is -0.137. The number of hydrogen-bond acceptors (Lipinski definition) is 9. The van der Waals surface area contributed by atoms with Gasteiger partial charge in [-0.1, -0.05) is 89.4 Å². The molecule has 8 rings (SSSR count). The van der Waals surface area contributed by atoms with Gasteiger partial charge in [-0.3, -0.25) is 14.8 Å². The third-order valence-corrected chi connectivity index (χ3v) is 8.95. The van der Waals surface area contributed by atoms with Crippen LogP contribution in [-0.2, 0) is 6.18 Å². The molecule has 0 spiro atoms. The summed E-state index contributed by atoms with van der Waals surface area (Å²) in [7, 11) is 0. The number of fused-ring (bicyclic) bond motifs is 2. The minimum atomic E-state index is -4.44. The first-order valence-corrected chi connectivity index (χ1v) is 18.1. The highest BCUT2D eigenvalue weighted by Crippen LogP contribution is 2.39. The van der Waals surface area contributed by atoms with Crippen molar-refractivity contribution in [3.05, 3.63) is 190 Å². The van der Waals surface area contributed by atoms with Gasteiger partial charge in [-0.05, 0) is 79.2 Å². The summed E-state index contributed by atoms with van der Waals surface area (Å²) < 4.78 is 36.2. The van der Waals surface area contributed by atoms with Crippen molar-refractivity contribution in [1.29, 1.82) is 0 Å². The number of para-hydroxylation sites is 1. The van der Waals surface area contributed by atoms with Gasteiger partial charge in [0.2, 0.25) is 0 Å². The van der Waals surface area contributed by atoms with Gasteiger partial charge < -0.3 is 21.3 Å². The molecular formula is C44H35Cl2F3N6O3. The maximum absolute atomic E-state index is 12.1. The number of nitrogens with one attached hydrogen (secondary N) is 1. The molecule has 0 bridgehead atoms. The van der Waals surface area contributed by atoms with Crippen LogP contribution in [0.1, 0.15) is 38.7 Å². The van der Waals surface area contributed by atoms with Gasteiger partial charge >= 0.3 is 6.18 Å². The molecule has 0 saturated heterocycles. The first kappa shape index (κ1) is 42.4. The van der Waals surface area contributed by atoms with E-state index in [0.717, 1.165) is 40.1 Å². The number of halogens is 5. The fourth-order valence-corrected chi connectivity index (χ4v) is 5.84. The highest BCUT2D eigenvalue weighted by atomic mass is 35.5. The van der Waals surface area contributed by atoms with Crippen molar-refractivity contribution in [2.75, 3.05) is 11.1 Å². The Labute approximate surface area is 341 Å². The quantitative estimate of drug-likeness (QED) is 0.125. The van der Waals surface area contributed by atoms with Gasteiger partial charge in [0.05, 0.1) is 16.6 Å². The van der Waals surface area contributed by atoms with Crippen LogP contribution in [0.3, 0.4) is 0 Å². The van der Waals surface area contributed by atoms with E-state index in [1.165, 1.54) is 0 Å². The lowest BCUT2D eigenvalue weighted by atomic mass is 9.95. The maximum atomic E-state index is 12.1. The Hall–Kier alpha value is -6.76. The number of anilines is 2. The van der Waals surface area contributed by atoms with E-state index in [9.17, 15) is 28.2 Å². The number of nitrogen functional groups attached to an aromatic ring is 1. The number of benzene rings is 4. The van der Waals surface area contributed by atoms with Crippen molar-refractivity contribution in [3.63, 3.8) is 0 Å². The topological polar surface area (TPSA) is 147 Å². The summed E-state index contributed by atoms with van der Waals surface area (Å²) in [4.78, 5) is 26.7. The van der Waals surface area contributed by atoms with Crippen LogP contribution in [0.5, 0.6) is 11.5 Å². The Morgan fingerprint density at radius 1 is 0.672 bits per heavy atom. The largest absolute Gasteiger partial charge is 0.506 e. The fourth-order valence-electron chi connectivity index (χ4n) is 5.46. The first-order valence-electron chi connectivity index (χ1n) is 17.4. The molecule has 5 N–H and O–H groups in total. The van der Waals surface area contributed by atoms with E-state index < -0.39 is 11.7 Å². The number of hydrogen-bond donors (Lipinski definition) is 4. The molecule has 58 heavy (non-hydrogen) atoms. The zero-order chi connectivity index (χ0) is 41.7. The Morgan fingerprint density at radius 3 is 1.91 bits per heavy atom. The Balaban J connectivity index is 0.000000170. The van der Waals surface area contributed by atoms with Crippen LogP contribution in [0.15, 0.2) is 152 Å². The van der Waals surface area contributed by atoms with E-state index in [-0.39, 0.29) is 34.4 Å². The van der Waals surface area contributed by atoms with E-state index in [1.54, 1.807) is 43.0 Å². The van der Waals surface area contributed by atoms with E-state index >= 15 is 0 Å². The lowest BCUT2D eigenvalue weighted by Gasteiger charge is -2.23. The Bertz CT molecular complexity index is 2600. The number of rotatable bonds is 5. The predicted octanol–water partition coefficient (Wildman–Crippen LogP) is 11.3. The summed E-state index contributed by atoms with van der Waals surface area (Å²) in [6, 6.07) is 35.9. The van der Waals surface area contributed by atoms with Crippen LogP contribution in [0.25, 0.3) is 21.8 Å². The second kappa shape index (κ2) is 19.9. The average molecular weight is 824 g/mol. The van der Waals surface area contributed by atoms with Gasteiger partial charge in [0.25, 0.3) is 0 Å². The number of nitrogens with two attached hydrogens (primary N) is 1. The van der Waals surface area contributed by atoms with Crippen molar-refractivity contribution < 1.29 is 28.2 Å². The molecule has 4 aromatic carbocycles. The molecule has 14 heteroatoms. The zero-order valence-electron chi connectivity index (χ0n) is 30.6. The summed E-state index contributed by atoms with van der Waals surface area (Å²) in [6.45, 7) is 2.01. The average Bonchev–Trinajstić information content (AvgIpc) is 3.23. The molecular weight excluding hydrogens is 788 g/mol. The zero-order valence-corrected chi connectivity index (χ0v) is 32.2. The van der Waals surface area contributed by atoms with Crippen molar-refractivity contribution in [2.45, 2.75) is 19.1 Å². The molecule has 1 atom stereocenters. The van der Waals surface area contributed by atoms with Crippen molar-refractivity contribution in [3.8, 4) is 11.5 Å². The molecule has 0 radical (unpaired) electrons. The minimum absolute atomic E-state index is 0.0167. The lowest BCUT2D eigenvalue weighted by Crippen LogP contribution is -2.14. The summed E-state index contributed by atoms with van der Waals surface area (Å²) >= 11 is 12.0. The van der Waals surface area contributed by atoms with E-state index in [2.05, 4.69) is 25.3 Å². The summed E-state index contributed by atoms with van der Waals surface area (Å²) in [5, 5.41) is 26.1. The first-order chi connectivity index (χ1) is 27.8. The highest BCUT2D eigenvalue weighted by molar-refractivity contribution is 6.33. The van der Waals surface area contributed by atoms with Gasteiger partial charge in [-0.25, -0.2) is 9.97 Å². The Kier molecular flexibility index (Phi) is 14.5. The van der Waals surface area contributed by atoms with Gasteiger partial charge in [0.1, 0.15) is 34.2 Å². The summed E-state index contributed by atoms with van der Waals surface area (Å²) in [5.41, 5.74) is 8.08. The second-order valence-corrected chi connectivity index (χ2v) is 13.2. The van der Waals surface area contributed by atoms with Crippen LogP contribution < -0.4 is 11.1 Å². The standard InChI is InChI=1S/C22H18ClN3O.C9H7NO.C8H4ClF3O.C5H6N2/c1-14-7-10-18(23)17(13-14)21(26-19-6-2-3-11-24-19)16-9-8-15-5-4-12-25-20(15)22(16)27;11-8-5-1-3-7-4-2-6-10-9(7)8;9-7-2-1-6(8(10,11)12)3-5(7)4-13;6-5-3-1-2-4-7-5/h2-13,21,27H,1H3,(H,24,26);1-6,11H;1-4H;1-4H,(H2,6,7). The normalized spacial score (nSPS) is 11.1. The molecule has 4 heterocycles. The van der Waals surface area contributed by atoms with E-state index in [4.69, 9.17) is 28.9 Å². The SMILES string of the molecule is Cc1ccc(Cl)c(C(Nc2ccccn2)c2ccc3cccnc3c2O)c1.Nc1ccccn1.O=Cc1cc(C(F)(F)F)ccc1Cl.Oc1cccc2cccnc12. The van der Waals surface area contributed by atoms with Crippen molar-refractivity contribution in [1.82, 2.24) is 19.9 Å². The molecule has 0 aliphatic heterocycles. The number of aromatic nitrogens is 4.